The first-order valence-corrected chi connectivity index (χ1v) is 6.50. The van der Waals surface area contributed by atoms with E-state index in [-0.39, 0.29) is 0 Å². The monoisotopic (exact) mass is 246 g/mol. The Morgan fingerprint density at radius 3 is 2.68 bits per heavy atom. The quantitative estimate of drug-likeness (QED) is 0.453. The Hall–Kier alpha value is -2.35. The molecule has 0 fully saturated rings. The van der Waals surface area contributed by atoms with Gasteiger partial charge >= 0.3 is 0 Å². The number of aromatic nitrogens is 2. The van der Waals surface area contributed by atoms with Crippen LogP contribution in [0.1, 0.15) is 11.1 Å². The minimum Gasteiger partial charge on any atom is -0.294 e. The lowest BCUT2D eigenvalue weighted by molar-refractivity contribution is 1.23. The highest BCUT2D eigenvalue weighted by atomic mass is 15.0. The molecular formula is C17H14N2. The summed E-state index contributed by atoms with van der Waals surface area (Å²) in [5, 5.41) is 2.46. The Kier molecular flexibility index (Phi) is 1.99. The van der Waals surface area contributed by atoms with E-state index in [0.29, 0.717) is 0 Å². The summed E-state index contributed by atoms with van der Waals surface area (Å²) in [5.74, 6) is 0. The van der Waals surface area contributed by atoms with E-state index >= 15 is 0 Å². The lowest BCUT2D eigenvalue weighted by atomic mass is 10.1. The van der Waals surface area contributed by atoms with Crippen LogP contribution in [-0.2, 0) is 0 Å². The fourth-order valence-corrected chi connectivity index (χ4v) is 2.87. The van der Waals surface area contributed by atoms with Gasteiger partial charge in [0.05, 0.1) is 11.0 Å². The summed E-state index contributed by atoms with van der Waals surface area (Å²) in [4.78, 5) is 4.55. The normalized spacial score (nSPS) is 11.7. The first-order valence-electron chi connectivity index (χ1n) is 6.50. The molecule has 0 aliphatic rings. The molecule has 0 N–H and O–H groups in total. The van der Waals surface area contributed by atoms with Gasteiger partial charge in [0, 0.05) is 11.6 Å². The summed E-state index contributed by atoms with van der Waals surface area (Å²) in [6, 6.07) is 15.2. The Balaban J connectivity index is 2.36. The SMILES string of the molecule is Cc1ccc2c(c1)cc(C)c1cc3cccnc3n12. The molecule has 0 amide bonds. The maximum absolute atomic E-state index is 4.55. The smallest absolute Gasteiger partial charge is 0.144 e. The highest BCUT2D eigenvalue weighted by molar-refractivity contribution is 5.94. The van der Waals surface area contributed by atoms with Crippen molar-refractivity contribution in [2.24, 2.45) is 0 Å². The molecule has 0 radical (unpaired) electrons. The van der Waals surface area contributed by atoms with Gasteiger partial charge in [-0.05, 0) is 61.2 Å². The molecular weight excluding hydrogens is 232 g/mol. The molecule has 19 heavy (non-hydrogen) atoms. The van der Waals surface area contributed by atoms with Gasteiger partial charge in [-0.2, -0.15) is 0 Å². The fourth-order valence-electron chi connectivity index (χ4n) is 2.87. The van der Waals surface area contributed by atoms with Crippen LogP contribution in [0.3, 0.4) is 0 Å². The van der Waals surface area contributed by atoms with Gasteiger partial charge in [-0.3, -0.25) is 4.40 Å². The largest absolute Gasteiger partial charge is 0.294 e. The molecule has 0 saturated heterocycles. The number of benzene rings is 1. The maximum atomic E-state index is 4.55. The van der Waals surface area contributed by atoms with Gasteiger partial charge in [0.25, 0.3) is 0 Å². The minimum absolute atomic E-state index is 1.04. The summed E-state index contributed by atoms with van der Waals surface area (Å²) in [5.41, 5.74) is 6.08. The van der Waals surface area contributed by atoms with Crippen LogP contribution in [0.5, 0.6) is 0 Å². The fraction of sp³-hybridized carbons (Fsp3) is 0.118. The van der Waals surface area contributed by atoms with Crippen molar-refractivity contribution in [2.75, 3.05) is 0 Å². The van der Waals surface area contributed by atoms with Crippen molar-refractivity contribution >= 4 is 27.5 Å². The first kappa shape index (κ1) is 10.6. The summed E-state index contributed by atoms with van der Waals surface area (Å²) >= 11 is 0. The topological polar surface area (TPSA) is 17.3 Å². The Morgan fingerprint density at radius 1 is 0.895 bits per heavy atom. The third-order valence-corrected chi connectivity index (χ3v) is 3.76. The predicted octanol–water partition coefficient (Wildman–Crippen LogP) is 4.26. The summed E-state index contributed by atoms with van der Waals surface area (Å²) in [6.45, 7) is 4.29. The zero-order chi connectivity index (χ0) is 13.0. The number of fused-ring (bicyclic) bond motifs is 5. The first-order chi connectivity index (χ1) is 9.24. The second kappa shape index (κ2) is 3.58. The Bertz CT molecular complexity index is 932. The summed E-state index contributed by atoms with van der Waals surface area (Å²) < 4.78 is 2.26. The van der Waals surface area contributed by atoms with Crippen LogP contribution in [0, 0.1) is 13.8 Å². The number of rotatable bonds is 0. The van der Waals surface area contributed by atoms with Crippen molar-refractivity contribution in [3.63, 3.8) is 0 Å². The molecule has 3 heterocycles. The third-order valence-electron chi connectivity index (χ3n) is 3.76. The van der Waals surface area contributed by atoms with Crippen LogP contribution in [0.15, 0.2) is 48.7 Å². The second-order valence-corrected chi connectivity index (χ2v) is 5.17. The summed E-state index contributed by atoms with van der Waals surface area (Å²) in [6.07, 6.45) is 1.86. The Labute approximate surface area is 111 Å². The number of pyridine rings is 2. The zero-order valence-corrected chi connectivity index (χ0v) is 11.0. The van der Waals surface area contributed by atoms with Crippen LogP contribution >= 0.6 is 0 Å². The van der Waals surface area contributed by atoms with E-state index in [2.05, 4.69) is 59.6 Å². The van der Waals surface area contributed by atoms with Crippen molar-refractivity contribution < 1.29 is 0 Å². The van der Waals surface area contributed by atoms with Crippen molar-refractivity contribution in [1.29, 1.82) is 0 Å². The van der Waals surface area contributed by atoms with Gasteiger partial charge in [-0.1, -0.05) is 11.6 Å². The van der Waals surface area contributed by atoms with E-state index in [4.69, 9.17) is 0 Å². The molecule has 4 aromatic rings. The lowest BCUT2D eigenvalue weighted by Gasteiger charge is -2.07. The van der Waals surface area contributed by atoms with Gasteiger partial charge in [-0.15, -0.1) is 0 Å². The van der Waals surface area contributed by atoms with E-state index in [0.717, 1.165) is 5.65 Å². The molecule has 4 rings (SSSR count). The van der Waals surface area contributed by atoms with E-state index in [1.807, 2.05) is 12.3 Å². The maximum Gasteiger partial charge on any atom is 0.144 e. The van der Waals surface area contributed by atoms with E-state index < -0.39 is 0 Å². The summed E-state index contributed by atoms with van der Waals surface area (Å²) in [7, 11) is 0. The lowest BCUT2D eigenvalue weighted by Crippen LogP contribution is -1.92. The van der Waals surface area contributed by atoms with E-state index in [9.17, 15) is 0 Å². The highest BCUT2D eigenvalue weighted by Crippen LogP contribution is 2.27. The van der Waals surface area contributed by atoms with Gasteiger partial charge in [-0.25, -0.2) is 4.98 Å². The molecule has 3 aromatic heterocycles. The second-order valence-electron chi connectivity index (χ2n) is 5.17. The van der Waals surface area contributed by atoms with Crippen LogP contribution < -0.4 is 0 Å². The van der Waals surface area contributed by atoms with Crippen LogP contribution in [0.4, 0.5) is 0 Å². The molecule has 2 nitrogen and oxygen atoms in total. The zero-order valence-electron chi connectivity index (χ0n) is 11.0. The van der Waals surface area contributed by atoms with Crippen molar-refractivity contribution in [3.05, 3.63) is 59.8 Å². The average molecular weight is 246 g/mol. The van der Waals surface area contributed by atoms with Gasteiger partial charge in [0.15, 0.2) is 0 Å². The van der Waals surface area contributed by atoms with Crippen LogP contribution in [-0.4, -0.2) is 9.38 Å². The molecule has 1 aromatic carbocycles. The third kappa shape index (κ3) is 1.40. The number of nitrogens with zero attached hydrogens (tertiary/aromatic N) is 2. The molecule has 0 bridgehead atoms. The van der Waals surface area contributed by atoms with Crippen LogP contribution in [0.25, 0.3) is 27.5 Å². The molecule has 92 valence electrons. The van der Waals surface area contributed by atoms with Crippen molar-refractivity contribution in [1.82, 2.24) is 9.38 Å². The van der Waals surface area contributed by atoms with Crippen molar-refractivity contribution in [3.8, 4) is 0 Å². The number of hydrogen-bond acceptors (Lipinski definition) is 1. The number of hydrogen-bond donors (Lipinski definition) is 0. The number of aryl methyl sites for hydroxylation is 2. The molecule has 0 unspecified atom stereocenters. The van der Waals surface area contributed by atoms with Gasteiger partial charge < -0.3 is 0 Å². The molecule has 0 saturated carbocycles. The van der Waals surface area contributed by atoms with Gasteiger partial charge in [0.2, 0.25) is 0 Å². The predicted molar refractivity (Wildman–Crippen MR) is 79.7 cm³/mol. The van der Waals surface area contributed by atoms with Crippen molar-refractivity contribution in [2.45, 2.75) is 13.8 Å². The molecule has 0 aliphatic heterocycles. The highest BCUT2D eigenvalue weighted by Gasteiger charge is 2.09. The minimum atomic E-state index is 1.04. The molecule has 0 aliphatic carbocycles. The Morgan fingerprint density at radius 2 is 1.79 bits per heavy atom. The standard InChI is InChI=1S/C17H14N2/c1-11-5-6-15-14(8-11)9-12(2)16-10-13-4-3-7-18-17(13)19(15)16/h3-10H,1-2H3. The van der Waals surface area contributed by atoms with E-state index in [1.54, 1.807) is 0 Å². The van der Waals surface area contributed by atoms with Crippen LogP contribution in [0.2, 0.25) is 0 Å². The molecule has 2 heteroatoms. The molecule has 0 atom stereocenters. The van der Waals surface area contributed by atoms with Gasteiger partial charge in [0.1, 0.15) is 5.65 Å². The average Bonchev–Trinajstić information content (AvgIpc) is 2.79. The molecule has 0 spiro atoms. The van der Waals surface area contributed by atoms with E-state index in [1.165, 1.54) is 32.9 Å².